The van der Waals surface area contributed by atoms with E-state index < -0.39 is 11.9 Å². The molecule has 0 aliphatic heterocycles. The Morgan fingerprint density at radius 3 is 1.08 bits per heavy atom. The predicted molar refractivity (Wildman–Crippen MR) is 44.6 cm³/mol. The maximum Gasteiger partial charge on any atom is 0.300 e. The highest BCUT2D eigenvalue weighted by Gasteiger charge is 1.73. The van der Waals surface area contributed by atoms with E-state index in [0.717, 1.165) is 13.8 Å². The third kappa shape index (κ3) is 5310. The van der Waals surface area contributed by atoms with E-state index in [4.69, 9.17) is 19.8 Å². The zero-order valence-corrected chi connectivity index (χ0v) is 7.70. The Hall–Kier alpha value is -1.63. The molecule has 0 heterocycles. The molecule has 0 unspecified atom stereocenters. The van der Waals surface area contributed by atoms with Crippen LogP contribution in [0.1, 0.15) is 20.8 Å². The molecule has 1 amide bonds. The first-order valence-electron chi connectivity index (χ1n) is 3.10. The van der Waals surface area contributed by atoms with E-state index in [-0.39, 0.29) is 5.91 Å². The number of carboxylic acid groups (broad SMARTS) is 2. The second-order valence-corrected chi connectivity index (χ2v) is 1.74. The number of hydrogen-bond acceptors (Lipinski definition) is 4. The number of carbonyl (C=O) groups is 3. The molecule has 0 atom stereocenters. The standard InChI is InChI=1S/C2H6N2O.2C2H4O2/c1-2(5)4-3;2*1-2(3)4/h3H2,1H3,(H,4,5);2*1H3,(H,3,4). The molecular formula is C6H14N2O5. The van der Waals surface area contributed by atoms with Crippen molar-refractivity contribution in [2.45, 2.75) is 20.8 Å². The van der Waals surface area contributed by atoms with Gasteiger partial charge >= 0.3 is 0 Å². The first-order valence-corrected chi connectivity index (χ1v) is 3.10. The highest BCUT2D eigenvalue weighted by molar-refractivity contribution is 5.71. The highest BCUT2D eigenvalue weighted by Crippen LogP contribution is 1.42. The summed E-state index contributed by atoms with van der Waals surface area (Å²) in [4.78, 5) is 27.6. The molecule has 0 saturated carbocycles. The fraction of sp³-hybridized carbons (Fsp3) is 0.500. The Balaban J connectivity index is -0.000000117. The minimum absolute atomic E-state index is 0.218. The van der Waals surface area contributed by atoms with Gasteiger partial charge in [0, 0.05) is 20.8 Å². The van der Waals surface area contributed by atoms with E-state index in [1.807, 2.05) is 5.43 Å². The van der Waals surface area contributed by atoms with E-state index in [1.54, 1.807) is 0 Å². The van der Waals surface area contributed by atoms with Crippen molar-refractivity contribution in [3.63, 3.8) is 0 Å². The minimum atomic E-state index is -0.833. The molecule has 0 aromatic heterocycles. The molecule has 0 rings (SSSR count). The number of hydrogen-bond donors (Lipinski definition) is 4. The van der Waals surface area contributed by atoms with Gasteiger partial charge in [0.1, 0.15) is 0 Å². The lowest BCUT2D eigenvalue weighted by Gasteiger charge is -1.80. The Bertz CT molecular complexity index is 148. The molecule has 0 spiro atoms. The van der Waals surface area contributed by atoms with Crippen LogP contribution in [0.25, 0.3) is 0 Å². The van der Waals surface area contributed by atoms with Crippen LogP contribution in [-0.2, 0) is 14.4 Å². The molecule has 0 aliphatic rings. The first-order chi connectivity index (χ1) is 5.73. The molecule has 0 aromatic rings. The molecule has 7 heteroatoms. The minimum Gasteiger partial charge on any atom is -0.481 e. The van der Waals surface area contributed by atoms with Gasteiger partial charge in [-0.1, -0.05) is 0 Å². The maximum atomic E-state index is 9.58. The number of amides is 1. The number of nitrogens with two attached hydrogens (primary N) is 1. The van der Waals surface area contributed by atoms with Crippen molar-refractivity contribution < 1.29 is 24.6 Å². The van der Waals surface area contributed by atoms with Gasteiger partial charge in [0.25, 0.3) is 11.9 Å². The molecule has 5 N–H and O–H groups in total. The molecule has 13 heavy (non-hydrogen) atoms. The third-order valence-electron chi connectivity index (χ3n) is 0.203. The smallest absolute Gasteiger partial charge is 0.300 e. The lowest BCUT2D eigenvalue weighted by atomic mass is 10.8. The molecule has 0 radical (unpaired) electrons. The Morgan fingerprint density at radius 2 is 1.08 bits per heavy atom. The highest BCUT2D eigenvalue weighted by atomic mass is 16.4. The van der Waals surface area contributed by atoms with Crippen molar-refractivity contribution in [1.82, 2.24) is 5.43 Å². The summed E-state index contributed by atoms with van der Waals surface area (Å²) >= 11 is 0. The van der Waals surface area contributed by atoms with Crippen molar-refractivity contribution in [3.05, 3.63) is 0 Å². The van der Waals surface area contributed by atoms with Crippen LogP contribution < -0.4 is 11.3 Å². The van der Waals surface area contributed by atoms with Gasteiger partial charge in [0.15, 0.2) is 0 Å². The first kappa shape index (κ1) is 17.5. The van der Waals surface area contributed by atoms with Crippen LogP contribution >= 0.6 is 0 Å². The van der Waals surface area contributed by atoms with Crippen molar-refractivity contribution >= 4 is 17.8 Å². The summed E-state index contributed by atoms with van der Waals surface area (Å²) < 4.78 is 0. The second kappa shape index (κ2) is 13.0. The van der Waals surface area contributed by atoms with Gasteiger partial charge in [0.2, 0.25) is 5.91 Å². The lowest BCUT2D eigenvalue weighted by molar-refractivity contribution is -0.135. The van der Waals surface area contributed by atoms with Crippen LogP contribution in [0.2, 0.25) is 0 Å². The molecule has 78 valence electrons. The predicted octanol–water partition coefficient (Wildman–Crippen LogP) is -0.822. The fourth-order valence-corrected chi connectivity index (χ4v) is 0. The molecule has 7 nitrogen and oxygen atoms in total. The van der Waals surface area contributed by atoms with Gasteiger partial charge in [-0.05, 0) is 0 Å². The summed E-state index contributed by atoms with van der Waals surface area (Å²) in [5, 5.41) is 14.8. The third-order valence-corrected chi connectivity index (χ3v) is 0.203. The van der Waals surface area contributed by atoms with Crippen molar-refractivity contribution in [2.24, 2.45) is 5.84 Å². The Morgan fingerprint density at radius 1 is 1.00 bits per heavy atom. The van der Waals surface area contributed by atoms with Crippen molar-refractivity contribution in [2.75, 3.05) is 0 Å². The molecular weight excluding hydrogens is 180 g/mol. The summed E-state index contributed by atoms with van der Waals surface area (Å²) in [7, 11) is 0. The molecule has 0 aliphatic carbocycles. The van der Waals surface area contributed by atoms with Crippen LogP contribution in [0, 0.1) is 0 Å². The Labute approximate surface area is 75.5 Å². The number of aliphatic carboxylic acids is 2. The molecule has 0 saturated heterocycles. The van der Waals surface area contributed by atoms with Crippen LogP contribution in [0.4, 0.5) is 0 Å². The van der Waals surface area contributed by atoms with Gasteiger partial charge in [-0.25, -0.2) is 5.84 Å². The van der Waals surface area contributed by atoms with Crippen LogP contribution in [0.15, 0.2) is 0 Å². The lowest BCUT2D eigenvalue weighted by Crippen LogP contribution is -2.26. The normalized spacial score (nSPS) is 6.46. The Kier molecular flexibility index (Phi) is 17.4. The van der Waals surface area contributed by atoms with E-state index in [9.17, 15) is 4.79 Å². The van der Waals surface area contributed by atoms with Crippen LogP contribution in [0.3, 0.4) is 0 Å². The summed E-state index contributed by atoms with van der Waals surface area (Å²) in [6.45, 7) is 3.51. The monoisotopic (exact) mass is 194 g/mol. The largest absolute Gasteiger partial charge is 0.481 e. The number of rotatable bonds is 0. The summed E-state index contributed by atoms with van der Waals surface area (Å²) in [6, 6.07) is 0. The van der Waals surface area contributed by atoms with E-state index in [1.165, 1.54) is 6.92 Å². The topological polar surface area (TPSA) is 130 Å². The number of nitrogens with one attached hydrogen (secondary N) is 1. The fourth-order valence-electron chi connectivity index (χ4n) is 0. The number of carbonyl (C=O) groups excluding carboxylic acids is 1. The second-order valence-electron chi connectivity index (χ2n) is 1.74. The van der Waals surface area contributed by atoms with E-state index >= 15 is 0 Å². The van der Waals surface area contributed by atoms with E-state index in [0.29, 0.717) is 0 Å². The van der Waals surface area contributed by atoms with Crippen molar-refractivity contribution in [1.29, 1.82) is 0 Å². The molecule has 0 fully saturated rings. The molecule has 0 aromatic carbocycles. The summed E-state index contributed by atoms with van der Waals surface area (Å²) in [5.41, 5.74) is 1.89. The zero-order chi connectivity index (χ0) is 11.4. The maximum absolute atomic E-state index is 9.58. The number of hydrazine groups is 1. The summed E-state index contributed by atoms with van der Waals surface area (Å²) in [6.07, 6.45) is 0. The van der Waals surface area contributed by atoms with E-state index in [2.05, 4.69) is 5.84 Å². The SMILES string of the molecule is CC(=O)NN.CC(=O)O.CC(=O)O. The number of carboxylic acids is 2. The van der Waals surface area contributed by atoms with Gasteiger partial charge < -0.3 is 10.2 Å². The van der Waals surface area contributed by atoms with Gasteiger partial charge in [-0.2, -0.15) is 0 Å². The quantitative estimate of drug-likeness (QED) is 0.226. The van der Waals surface area contributed by atoms with Gasteiger partial charge in [-0.15, -0.1) is 0 Å². The zero-order valence-electron chi connectivity index (χ0n) is 7.70. The van der Waals surface area contributed by atoms with Gasteiger partial charge in [0.05, 0.1) is 0 Å². The average Bonchev–Trinajstić information content (AvgIpc) is 1.84. The molecule has 0 bridgehead atoms. The average molecular weight is 194 g/mol. The van der Waals surface area contributed by atoms with Gasteiger partial charge in [-0.3, -0.25) is 19.8 Å². The van der Waals surface area contributed by atoms with Crippen molar-refractivity contribution in [3.8, 4) is 0 Å². The summed E-state index contributed by atoms with van der Waals surface area (Å²) in [5.74, 6) is 2.69. The van der Waals surface area contributed by atoms with Crippen LogP contribution in [-0.4, -0.2) is 28.1 Å². The van der Waals surface area contributed by atoms with Crippen LogP contribution in [0.5, 0.6) is 0 Å².